The number of para-hydroxylation sites is 2. The van der Waals surface area contributed by atoms with Crippen LogP contribution in [-0.4, -0.2) is 12.1 Å². The summed E-state index contributed by atoms with van der Waals surface area (Å²) in [5.74, 6) is 1.42. The minimum absolute atomic E-state index is 0.266. The maximum absolute atomic E-state index is 9.75. The number of benzene rings is 3. The monoisotopic (exact) mass is 456 g/mol. The summed E-state index contributed by atoms with van der Waals surface area (Å²) in [4.78, 5) is 4.43. The van der Waals surface area contributed by atoms with Crippen LogP contribution in [0.1, 0.15) is 22.6 Å². The van der Waals surface area contributed by atoms with E-state index in [4.69, 9.17) is 25.5 Å². The Kier molecular flexibility index (Phi) is 6.77. The summed E-state index contributed by atoms with van der Waals surface area (Å²) in [5.41, 5.74) is 4.13. The van der Waals surface area contributed by atoms with Crippen molar-refractivity contribution in [3.05, 3.63) is 101 Å². The zero-order chi connectivity index (χ0) is 23.2. The van der Waals surface area contributed by atoms with Crippen molar-refractivity contribution in [1.82, 2.24) is 4.98 Å². The number of methoxy groups -OCH3 is 1. The molecule has 1 aromatic heterocycles. The zero-order valence-corrected chi connectivity index (χ0v) is 18.8. The highest BCUT2D eigenvalue weighted by Crippen LogP contribution is 2.36. The van der Waals surface area contributed by atoms with Crippen molar-refractivity contribution in [1.29, 1.82) is 5.26 Å². The van der Waals surface area contributed by atoms with Crippen LogP contribution < -0.4 is 9.47 Å². The van der Waals surface area contributed by atoms with Gasteiger partial charge in [0.15, 0.2) is 17.1 Å². The SMILES string of the molecule is C=CCc1cc(/C=C(\C#N)c2nc3ccccc3o2)cc(OC)c1OCc1ccccc1Cl. The molecule has 3 aromatic carbocycles. The van der Waals surface area contributed by atoms with E-state index in [1.54, 1.807) is 19.3 Å². The molecule has 0 saturated carbocycles. The molecule has 4 aromatic rings. The Hall–Kier alpha value is -4.01. The molecule has 33 heavy (non-hydrogen) atoms. The van der Waals surface area contributed by atoms with Gasteiger partial charge in [0.25, 0.3) is 0 Å². The van der Waals surface area contributed by atoms with Crippen molar-refractivity contribution in [3.8, 4) is 17.6 Å². The third kappa shape index (κ3) is 4.92. The van der Waals surface area contributed by atoms with E-state index in [9.17, 15) is 5.26 Å². The number of ether oxygens (including phenoxy) is 2. The molecular weight excluding hydrogens is 436 g/mol. The molecule has 5 nitrogen and oxygen atoms in total. The predicted molar refractivity (Wildman–Crippen MR) is 130 cm³/mol. The van der Waals surface area contributed by atoms with Gasteiger partial charge >= 0.3 is 0 Å². The van der Waals surface area contributed by atoms with Crippen molar-refractivity contribution >= 4 is 34.3 Å². The van der Waals surface area contributed by atoms with Gasteiger partial charge in [-0.05, 0) is 48.4 Å². The van der Waals surface area contributed by atoms with E-state index in [1.165, 1.54) is 0 Å². The minimum Gasteiger partial charge on any atom is -0.493 e. The standard InChI is InChI=1S/C27H21ClN2O3/c1-3-8-19-13-18(14-21(16-29)27-30-23-11-6-7-12-24(23)33-27)15-25(31-2)26(19)32-17-20-9-4-5-10-22(20)28/h3-7,9-15H,1,8,17H2,2H3/b21-14+. The van der Waals surface area contributed by atoms with Gasteiger partial charge in [0, 0.05) is 16.1 Å². The first-order valence-corrected chi connectivity index (χ1v) is 10.7. The van der Waals surface area contributed by atoms with Crippen LogP contribution in [0.15, 0.2) is 77.7 Å². The molecule has 6 heteroatoms. The van der Waals surface area contributed by atoms with Gasteiger partial charge in [0.05, 0.1) is 7.11 Å². The third-order valence-corrected chi connectivity index (χ3v) is 5.39. The van der Waals surface area contributed by atoms with Gasteiger partial charge < -0.3 is 13.9 Å². The second-order valence-electron chi connectivity index (χ2n) is 7.24. The van der Waals surface area contributed by atoms with E-state index < -0.39 is 0 Å². The molecule has 0 fully saturated rings. The Labute approximate surface area is 197 Å². The topological polar surface area (TPSA) is 68.3 Å². The first-order valence-electron chi connectivity index (χ1n) is 10.3. The molecule has 0 spiro atoms. The van der Waals surface area contributed by atoms with Crippen LogP contribution in [0.2, 0.25) is 5.02 Å². The van der Waals surface area contributed by atoms with Gasteiger partial charge in [-0.1, -0.05) is 48.0 Å². The van der Waals surface area contributed by atoms with Crippen LogP contribution in [0, 0.1) is 11.3 Å². The van der Waals surface area contributed by atoms with Crippen LogP contribution in [-0.2, 0) is 13.0 Å². The summed E-state index contributed by atoms with van der Waals surface area (Å²) in [6.45, 7) is 4.15. The molecule has 0 aliphatic rings. The average molecular weight is 457 g/mol. The maximum Gasteiger partial charge on any atom is 0.238 e. The second kappa shape index (κ2) is 10.1. The molecule has 164 valence electrons. The number of allylic oxidation sites excluding steroid dienone is 2. The molecule has 0 unspecified atom stereocenters. The molecule has 0 aliphatic heterocycles. The lowest BCUT2D eigenvalue weighted by atomic mass is 10.0. The number of fused-ring (bicyclic) bond motifs is 1. The van der Waals surface area contributed by atoms with Crippen LogP contribution in [0.5, 0.6) is 11.5 Å². The Balaban J connectivity index is 1.71. The third-order valence-electron chi connectivity index (χ3n) is 5.02. The number of hydrogen-bond donors (Lipinski definition) is 0. The number of aromatic nitrogens is 1. The highest BCUT2D eigenvalue weighted by atomic mass is 35.5. The molecule has 0 N–H and O–H groups in total. The van der Waals surface area contributed by atoms with Gasteiger partial charge in [0.1, 0.15) is 23.8 Å². The first kappa shape index (κ1) is 22.2. The van der Waals surface area contributed by atoms with E-state index in [-0.39, 0.29) is 5.89 Å². The lowest BCUT2D eigenvalue weighted by Gasteiger charge is -2.16. The van der Waals surface area contributed by atoms with Crippen molar-refractivity contribution < 1.29 is 13.9 Å². The van der Waals surface area contributed by atoms with E-state index in [0.717, 1.165) is 16.7 Å². The Morgan fingerprint density at radius 3 is 2.67 bits per heavy atom. The van der Waals surface area contributed by atoms with E-state index in [0.29, 0.717) is 46.2 Å². The minimum atomic E-state index is 0.266. The molecule has 4 rings (SSSR count). The fourth-order valence-electron chi connectivity index (χ4n) is 3.45. The van der Waals surface area contributed by atoms with Gasteiger partial charge in [-0.25, -0.2) is 4.98 Å². The van der Waals surface area contributed by atoms with E-state index in [2.05, 4.69) is 17.6 Å². The largest absolute Gasteiger partial charge is 0.493 e. The van der Waals surface area contributed by atoms with Crippen molar-refractivity contribution in [2.75, 3.05) is 7.11 Å². The van der Waals surface area contributed by atoms with Gasteiger partial charge in [0.2, 0.25) is 5.89 Å². The average Bonchev–Trinajstić information content (AvgIpc) is 3.26. The van der Waals surface area contributed by atoms with Gasteiger partial charge in [-0.2, -0.15) is 5.26 Å². The lowest BCUT2D eigenvalue weighted by molar-refractivity contribution is 0.282. The quantitative estimate of drug-likeness (QED) is 0.214. The number of hydrogen-bond acceptors (Lipinski definition) is 5. The summed E-state index contributed by atoms with van der Waals surface area (Å²) in [6, 6.07) is 20.9. The summed E-state index contributed by atoms with van der Waals surface area (Å²) in [6.07, 6.45) is 4.06. The number of rotatable bonds is 8. The fraction of sp³-hybridized carbons (Fsp3) is 0.111. The Morgan fingerprint density at radius 1 is 1.15 bits per heavy atom. The molecule has 0 atom stereocenters. The molecule has 0 radical (unpaired) electrons. The molecule has 0 saturated heterocycles. The summed E-state index contributed by atoms with van der Waals surface area (Å²) < 4.78 is 17.5. The first-order chi connectivity index (χ1) is 16.1. The zero-order valence-electron chi connectivity index (χ0n) is 18.0. The second-order valence-corrected chi connectivity index (χ2v) is 7.65. The van der Waals surface area contributed by atoms with Gasteiger partial charge in [-0.15, -0.1) is 6.58 Å². The highest BCUT2D eigenvalue weighted by Gasteiger charge is 2.15. The summed E-state index contributed by atoms with van der Waals surface area (Å²) >= 11 is 6.27. The van der Waals surface area contributed by atoms with Crippen LogP contribution >= 0.6 is 11.6 Å². The fourth-order valence-corrected chi connectivity index (χ4v) is 3.64. The molecule has 0 amide bonds. The number of nitriles is 1. The van der Waals surface area contributed by atoms with Crippen LogP contribution in [0.25, 0.3) is 22.7 Å². The summed E-state index contributed by atoms with van der Waals surface area (Å²) in [7, 11) is 1.58. The van der Waals surface area contributed by atoms with Gasteiger partial charge in [-0.3, -0.25) is 0 Å². The maximum atomic E-state index is 9.75. The van der Waals surface area contributed by atoms with E-state index in [1.807, 2.05) is 60.7 Å². The molecule has 0 aliphatic carbocycles. The highest BCUT2D eigenvalue weighted by molar-refractivity contribution is 6.31. The normalized spacial score (nSPS) is 11.2. The van der Waals surface area contributed by atoms with E-state index >= 15 is 0 Å². The predicted octanol–water partition coefficient (Wildman–Crippen LogP) is 6.86. The lowest BCUT2D eigenvalue weighted by Crippen LogP contribution is -2.02. The Bertz CT molecular complexity index is 1350. The Morgan fingerprint density at radius 2 is 1.94 bits per heavy atom. The van der Waals surface area contributed by atoms with Crippen LogP contribution in [0.4, 0.5) is 0 Å². The van der Waals surface area contributed by atoms with Crippen molar-refractivity contribution in [3.63, 3.8) is 0 Å². The molecule has 1 heterocycles. The number of oxazole rings is 1. The van der Waals surface area contributed by atoms with Crippen molar-refractivity contribution in [2.45, 2.75) is 13.0 Å². The molecule has 0 bridgehead atoms. The van der Waals surface area contributed by atoms with Crippen molar-refractivity contribution in [2.24, 2.45) is 0 Å². The summed E-state index contributed by atoms with van der Waals surface area (Å²) in [5, 5.41) is 10.4. The number of nitrogens with zero attached hydrogens (tertiary/aromatic N) is 2. The smallest absolute Gasteiger partial charge is 0.238 e. The molecular formula is C27H21ClN2O3. The van der Waals surface area contributed by atoms with Crippen LogP contribution in [0.3, 0.4) is 0 Å². The number of halogens is 1.